The summed E-state index contributed by atoms with van der Waals surface area (Å²) in [6, 6.07) is 9.05. The molecule has 20 heavy (non-hydrogen) atoms. The van der Waals surface area contributed by atoms with E-state index >= 15 is 0 Å². The van der Waals surface area contributed by atoms with Crippen molar-refractivity contribution in [1.82, 2.24) is 15.5 Å². The predicted octanol–water partition coefficient (Wildman–Crippen LogP) is 3.22. The van der Waals surface area contributed by atoms with Crippen LogP contribution in [0.25, 0.3) is 0 Å². The fourth-order valence-corrected chi connectivity index (χ4v) is 1.99. The van der Waals surface area contributed by atoms with Crippen LogP contribution in [0, 0.1) is 6.92 Å². The highest BCUT2D eigenvalue weighted by molar-refractivity contribution is 5.30. The van der Waals surface area contributed by atoms with Crippen LogP contribution in [-0.4, -0.2) is 16.7 Å². The van der Waals surface area contributed by atoms with E-state index in [1.807, 2.05) is 13.8 Å². The molecule has 0 aliphatic heterocycles. The van der Waals surface area contributed by atoms with Gasteiger partial charge in [-0.1, -0.05) is 41.9 Å². The number of hydrogen-bond acceptors (Lipinski definition) is 5. The minimum absolute atomic E-state index is 0.0673. The van der Waals surface area contributed by atoms with Crippen molar-refractivity contribution in [2.24, 2.45) is 0 Å². The quantitative estimate of drug-likeness (QED) is 0.846. The van der Waals surface area contributed by atoms with E-state index in [1.54, 1.807) is 0 Å². The minimum Gasteiger partial charge on any atom is -0.406 e. The van der Waals surface area contributed by atoms with Crippen molar-refractivity contribution in [3.05, 3.63) is 41.3 Å². The number of aryl methyl sites for hydroxylation is 1. The summed E-state index contributed by atoms with van der Waals surface area (Å²) >= 11 is 0. The van der Waals surface area contributed by atoms with Crippen LogP contribution < -0.4 is 10.6 Å². The number of hydrogen-bond donors (Lipinski definition) is 2. The summed E-state index contributed by atoms with van der Waals surface area (Å²) in [5, 5.41) is 14.6. The van der Waals surface area contributed by atoms with E-state index in [2.05, 4.69) is 58.9 Å². The third kappa shape index (κ3) is 3.57. The first-order chi connectivity index (χ1) is 9.60. The molecule has 0 fully saturated rings. The molecule has 0 aliphatic carbocycles. The van der Waals surface area contributed by atoms with Gasteiger partial charge >= 0.3 is 6.01 Å². The van der Waals surface area contributed by atoms with Crippen LogP contribution in [-0.2, 0) is 0 Å². The molecule has 5 heteroatoms. The molecular weight excluding hydrogens is 252 g/mol. The third-order valence-corrected chi connectivity index (χ3v) is 3.24. The van der Waals surface area contributed by atoms with Crippen LogP contribution in [0.4, 0.5) is 6.01 Å². The van der Waals surface area contributed by atoms with Gasteiger partial charge in [0.2, 0.25) is 5.89 Å². The molecule has 2 rings (SSSR count). The average Bonchev–Trinajstić information content (AvgIpc) is 2.88. The first-order valence-electron chi connectivity index (χ1n) is 7.00. The van der Waals surface area contributed by atoms with Gasteiger partial charge in [0.05, 0.1) is 12.1 Å². The molecule has 0 saturated heterocycles. The SMILES string of the molecule is CCNC(C)c1nnc(NC(C)c2ccc(C)cc2)o1. The highest BCUT2D eigenvalue weighted by Gasteiger charge is 2.14. The molecule has 0 aliphatic rings. The van der Waals surface area contributed by atoms with E-state index < -0.39 is 0 Å². The Morgan fingerprint density at radius 1 is 1.10 bits per heavy atom. The Morgan fingerprint density at radius 2 is 1.80 bits per heavy atom. The summed E-state index contributed by atoms with van der Waals surface area (Å²) in [6.45, 7) is 9.07. The van der Waals surface area contributed by atoms with Crippen molar-refractivity contribution in [1.29, 1.82) is 0 Å². The summed E-state index contributed by atoms with van der Waals surface area (Å²) in [5.74, 6) is 0.602. The zero-order valence-corrected chi connectivity index (χ0v) is 12.5. The summed E-state index contributed by atoms with van der Waals surface area (Å²) < 4.78 is 5.62. The Morgan fingerprint density at radius 3 is 2.45 bits per heavy atom. The zero-order chi connectivity index (χ0) is 14.5. The standard InChI is InChI=1S/C15H22N4O/c1-5-16-12(4)14-18-19-15(20-14)17-11(3)13-8-6-10(2)7-9-13/h6-9,11-12,16H,5H2,1-4H3,(H,17,19). The van der Waals surface area contributed by atoms with Gasteiger partial charge in [0.1, 0.15) is 0 Å². The molecule has 0 amide bonds. The van der Waals surface area contributed by atoms with Crippen LogP contribution in [0.5, 0.6) is 0 Å². The molecular formula is C15H22N4O. The first kappa shape index (κ1) is 14.5. The molecule has 2 aromatic rings. The summed E-state index contributed by atoms with van der Waals surface area (Å²) in [4.78, 5) is 0. The molecule has 1 aromatic heterocycles. The molecule has 5 nitrogen and oxygen atoms in total. The molecule has 1 aromatic carbocycles. The lowest BCUT2D eigenvalue weighted by Gasteiger charge is -2.12. The van der Waals surface area contributed by atoms with Crippen LogP contribution in [0.1, 0.15) is 49.9 Å². The molecule has 0 bridgehead atoms. The van der Waals surface area contributed by atoms with Crippen LogP contribution in [0.3, 0.4) is 0 Å². The Labute approximate surface area is 119 Å². The molecule has 0 saturated carbocycles. The molecule has 1 heterocycles. The van der Waals surface area contributed by atoms with Crippen molar-refractivity contribution < 1.29 is 4.42 Å². The van der Waals surface area contributed by atoms with E-state index in [4.69, 9.17) is 4.42 Å². The maximum atomic E-state index is 5.62. The average molecular weight is 274 g/mol. The number of benzene rings is 1. The molecule has 2 unspecified atom stereocenters. The van der Waals surface area contributed by atoms with Crippen molar-refractivity contribution in [2.75, 3.05) is 11.9 Å². The minimum atomic E-state index is 0.0673. The summed E-state index contributed by atoms with van der Waals surface area (Å²) in [5.41, 5.74) is 2.44. The Balaban J connectivity index is 2.01. The van der Waals surface area contributed by atoms with Gasteiger partial charge < -0.3 is 15.1 Å². The highest BCUT2D eigenvalue weighted by Crippen LogP contribution is 2.20. The fraction of sp³-hybridized carbons (Fsp3) is 0.467. The van der Waals surface area contributed by atoms with Gasteiger partial charge in [0.15, 0.2) is 0 Å². The van der Waals surface area contributed by atoms with Crippen molar-refractivity contribution in [3.63, 3.8) is 0 Å². The van der Waals surface area contributed by atoms with Crippen LogP contribution >= 0.6 is 0 Å². The van der Waals surface area contributed by atoms with Crippen molar-refractivity contribution >= 4 is 6.01 Å². The van der Waals surface area contributed by atoms with E-state index in [-0.39, 0.29) is 12.1 Å². The monoisotopic (exact) mass is 274 g/mol. The second-order valence-electron chi connectivity index (χ2n) is 5.00. The van der Waals surface area contributed by atoms with Gasteiger partial charge in [-0.05, 0) is 32.9 Å². The molecule has 2 N–H and O–H groups in total. The summed E-state index contributed by atoms with van der Waals surface area (Å²) in [6.07, 6.45) is 0. The largest absolute Gasteiger partial charge is 0.406 e. The lowest BCUT2D eigenvalue weighted by atomic mass is 10.1. The first-order valence-corrected chi connectivity index (χ1v) is 7.00. The topological polar surface area (TPSA) is 63.0 Å². The number of nitrogens with one attached hydrogen (secondary N) is 2. The van der Waals surface area contributed by atoms with Crippen molar-refractivity contribution in [3.8, 4) is 0 Å². The zero-order valence-electron chi connectivity index (χ0n) is 12.5. The van der Waals surface area contributed by atoms with Crippen LogP contribution in [0.2, 0.25) is 0 Å². The van der Waals surface area contributed by atoms with Crippen molar-refractivity contribution in [2.45, 2.75) is 39.8 Å². The van der Waals surface area contributed by atoms with E-state index in [0.29, 0.717) is 11.9 Å². The number of aromatic nitrogens is 2. The molecule has 108 valence electrons. The number of nitrogens with zero attached hydrogens (tertiary/aromatic N) is 2. The smallest absolute Gasteiger partial charge is 0.315 e. The molecule has 0 radical (unpaired) electrons. The molecule has 0 spiro atoms. The second kappa shape index (κ2) is 6.52. The van der Waals surface area contributed by atoms with Gasteiger partial charge in [-0.3, -0.25) is 0 Å². The Hall–Kier alpha value is -1.88. The van der Waals surface area contributed by atoms with Gasteiger partial charge in [-0.15, -0.1) is 5.10 Å². The second-order valence-corrected chi connectivity index (χ2v) is 5.00. The van der Waals surface area contributed by atoms with Gasteiger partial charge in [0.25, 0.3) is 0 Å². The van der Waals surface area contributed by atoms with E-state index in [1.165, 1.54) is 11.1 Å². The van der Waals surface area contributed by atoms with E-state index in [9.17, 15) is 0 Å². The highest BCUT2D eigenvalue weighted by atomic mass is 16.4. The lowest BCUT2D eigenvalue weighted by molar-refractivity contribution is 0.427. The van der Waals surface area contributed by atoms with Crippen LogP contribution in [0.15, 0.2) is 28.7 Å². The third-order valence-electron chi connectivity index (χ3n) is 3.24. The lowest BCUT2D eigenvalue weighted by Crippen LogP contribution is -2.17. The van der Waals surface area contributed by atoms with Gasteiger partial charge in [-0.2, -0.15) is 0 Å². The Bertz CT molecular complexity index is 535. The van der Waals surface area contributed by atoms with E-state index in [0.717, 1.165) is 6.54 Å². The number of anilines is 1. The van der Waals surface area contributed by atoms with Gasteiger partial charge in [-0.25, -0.2) is 0 Å². The maximum Gasteiger partial charge on any atom is 0.315 e. The maximum absolute atomic E-state index is 5.62. The number of rotatable bonds is 6. The summed E-state index contributed by atoms with van der Waals surface area (Å²) in [7, 11) is 0. The van der Waals surface area contributed by atoms with Gasteiger partial charge in [0, 0.05) is 0 Å². The molecule has 2 atom stereocenters. The normalized spacial score (nSPS) is 14.0. The Kier molecular flexibility index (Phi) is 4.74. The predicted molar refractivity (Wildman–Crippen MR) is 79.6 cm³/mol. The fourth-order valence-electron chi connectivity index (χ4n) is 1.99.